The van der Waals surface area contributed by atoms with Crippen molar-refractivity contribution < 1.29 is 4.79 Å². The molecule has 10 heteroatoms. The highest BCUT2D eigenvalue weighted by molar-refractivity contribution is 6.34. The number of imidazole rings is 1. The number of fused-ring (bicyclic) bond motifs is 1. The Balaban J connectivity index is 1.41. The van der Waals surface area contributed by atoms with Crippen LogP contribution in [0.25, 0.3) is 28.2 Å². The van der Waals surface area contributed by atoms with Crippen molar-refractivity contribution in [1.29, 1.82) is 0 Å². The fraction of sp³-hybridized carbons (Fsp3) is 0.160. The van der Waals surface area contributed by atoms with E-state index in [4.69, 9.17) is 16.6 Å². The van der Waals surface area contributed by atoms with E-state index in [0.29, 0.717) is 28.6 Å². The van der Waals surface area contributed by atoms with E-state index in [-0.39, 0.29) is 11.9 Å². The van der Waals surface area contributed by atoms with Crippen LogP contribution in [0.3, 0.4) is 0 Å². The van der Waals surface area contributed by atoms with E-state index in [1.165, 1.54) is 0 Å². The van der Waals surface area contributed by atoms with Gasteiger partial charge < -0.3 is 10.6 Å². The summed E-state index contributed by atoms with van der Waals surface area (Å²) in [6, 6.07) is 11.4. The zero-order valence-electron chi connectivity index (χ0n) is 18.6. The Kier molecular flexibility index (Phi) is 5.38. The van der Waals surface area contributed by atoms with E-state index in [1.54, 1.807) is 36.9 Å². The fourth-order valence-corrected chi connectivity index (χ4v) is 4.16. The number of rotatable bonds is 7. The molecule has 1 aliphatic rings. The van der Waals surface area contributed by atoms with Crippen LogP contribution in [-0.2, 0) is 6.54 Å². The lowest BCUT2D eigenvalue weighted by Crippen LogP contribution is -2.25. The predicted molar refractivity (Wildman–Crippen MR) is 133 cm³/mol. The fourth-order valence-electron chi connectivity index (χ4n) is 3.89. The number of nitrogens with one attached hydrogen (secondary N) is 3. The number of nitrogens with zero attached hydrogens (tertiary/aromatic N) is 5. The molecule has 1 amide bonds. The van der Waals surface area contributed by atoms with Crippen molar-refractivity contribution in [3.8, 4) is 22.5 Å². The van der Waals surface area contributed by atoms with Crippen LogP contribution in [0.1, 0.15) is 28.9 Å². The van der Waals surface area contributed by atoms with Crippen molar-refractivity contribution in [2.75, 3.05) is 5.32 Å². The molecule has 1 fully saturated rings. The molecule has 4 aromatic heterocycles. The van der Waals surface area contributed by atoms with Gasteiger partial charge in [-0.2, -0.15) is 5.10 Å². The van der Waals surface area contributed by atoms with E-state index in [2.05, 4.69) is 30.8 Å². The van der Waals surface area contributed by atoms with Gasteiger partial charge in [0.1, 0.15) is 0 Å². The first-order valence-corrected chi connectivity index (χ1v) is 11.6. The first-order chi connectivity index (χ1) is 17.2. The maximum absolute atomic E-state index is 12.5. The zero-order valence-corrected chi connectivity index (χ0v) is 19.3. The molecule has 1 saturated carbocycles. The van der Waals surface area contributed by atoms with Crippen LogP contribution < -0.4 is 10.6 Å². The predicted octanol–water partition coefficient (Wildman–Crippen LogP) is 4.34. The number of carbonyl (C=O) groups is 1. The highest BCUT2D eigenvalue weighted by atomic mass is 35.5. The van der Waals surface area contributed by atoms with Gasteiger partial charge in [0.2, 0.25) is 0 Å². The van der Waals surface area contributed by atoms with Crippen molar-refractivity contribution in [2.45, 2.75) is 25.4 Å². The molecule has 0 saturated heterocycles. The first-order valence-electron chi connectivity index (χ1n) is 11.3. The minimum Gasteiger partial charge on any atom is -0.361 e. The molecule has 0 atom stereocenters. The second-order valence-corrected chi connectivity index (χ2v) is 8.83. The lowest BCUT2D eigenvalue weighted by Gasteiger charge is -2.12. The van der Waals surface area contributed by atoms with Crippen LogP contribution in [0.4, 0.5) is 5.82 Å². The third-order valence-electron chi connectivity index (χ3n) is 5.90. The summed E-state index contributed by atoms with van der Waals surface area (Å²) in [6.45, 7) is 0.515. The number of halogens is 1. The van der Waals surface area contributed by atoms with E-state index in [1.807, 2.05) is 34.9 Å². The number of pyridine rings is 1. The van der Waals surface area contributed by atoms with E-state index in [9.17, 15) is 4.79 Å². The maximum atomic E-state index is 12.5. The topological polar surface area (TPSA) is 113 Å². The zero-order chi connectivity index (χ0) is 23.8. The van der Waals surface area contributed by atoms with Crippen LogP contribution in [0, 0.1) is 0 Å². The summed E-state index contributed by atoms with van der Waals surface area (Å²) in [7, 11) is 0. The average molecular weight is 485 g/mol. The lowest BCUT2D eigenvalue weighted by molar-refractivity contribution is 0.0951. The molecule has 5 aromatic rings. The second kappa shape index (κ2) is 8.84. The Morgan fingerprint density at radius 3 is 2.71 bits per heavy atom. The molecule has 0 unspecified atom stereocenters. The molecule has 0 aliphatic heterocycles. The van der Waals surface area contributed by atoms with Crippen molar-refractivity contribution in [3.63, 3.8) is 0 Å². The SMILES string of the molecule is O=C(NC1CC1)c1ccc(-c2cnc3c(NCc4ccn[nH]4)nc(-c4ccncc4)cn23)cc1Cl. The highest BCUT2D eigenvalue weighted by Crippen LogP contribution is 2.30. The summed E-state index contributed by atoms with van der Waals surface area (Å²) >= 11 is 6.53. The maximum Gasteiger partial charge on any atom is 0.253 e. The number of anilines is 1. The largest absolute Gasteiger partial charge is 0.361 e. The van der Waals surface area contributed by atoms with Gasteiger partial charge in [-0.15, -0.1) is 0 Å². The third-order valence-corrected chi connectivity index (χ3v) is 6.21. The molecule has 3 N–H and O–H groups in total. The van der Waals surface area contributed by atoms with Crippen molar-refractivity contribution >= 4 is 29.0 Å². The Morgan fingerprint density at radius 1 is 1.11 bits per heavy atom. The Morgan fingerprint density at radius 2 is 1.97 bits per heavy atom. The molecule has 4 heterocycles. The van der Waals surface area contributed by atoms with Crippen LogP contribution in [0.2, 0.25) is 5.02 Å². The van der Waals surface area contributed by atoms with Gasteiger partial charge in [-0.05, 0) is 43.2 Å². The monoisotopic (exact) mass is 484 g/mol. The van der Waals surface area contributed by atoms with Gasteiger partial charge in [0.05, 0.1) is 40.4 Å². The highest BCUT2D eigenvalue weighted by Gasteiger charge is 2.25. The van der Waals surface area contributed by atoms with Gasteiger partial charge in [0, 0.05) is 42.0 Å². The molecule has 1 aliphatic carbocycles. The molecular formula is C25H21ClN8O. The number of aromatic nitrogens is 6. The van der Waals surface area contributed by atoms with Gasteiger partial charge in [0.25, 0.3) is 5.91 Å². The summed E-state index contributed by atoms with van der Waals surface area (Å²) in [4.78, 5) is 26.1. The van der Waals surface area contributed by atoms with Gasteiger partial charge in [-0.1, -0.05) is 17.7 Å². The van der Waals surface area contributed by atoms with Crippen LogP contribution in [0.15, 0.2) is 67.4 Å². The second-order valence-electron chi connectivity index (χ2n) is 8.43. The number of carbonyl (C=O) groups excluding carboxylic acids is 1. The summed E-state index contributed by atoms with van der Waals surface area (Å²) in [6.07, 6.45) is 10.9. The van der Waals surface area contributed by atoms with Crippen molar-refractivity contribution in [3.05, 3.63) is 83.7 Å². The number of benzene rings is 1. The lowest BCUT2D eigenvalue weighted by atomic mass is 10.1. The van der Waals surface area contributed by atoms with Crippen LogP contribution >= 0.6 is 11.6 Å². The summed E-state index contributed by atoms with van der Waals surface area (Å²) in [5.41, 5.74) is 5.43. The van der Waals surface area contributed by atoms with Gasteiger partial charge in [0.15, 0.2) is 11.5 Å². The molecule has 0 radical (unpaired) electrons. The van der Waals surface area contributed by atoms with Gasteiger partial charge in [-0.3, -0.25) is 19.3 Å². The molecule has 6 rings (SSSR count). The number of H-pyrrole nitrogens is 1. The Hall–Kier alpha value is -4.24. The summed E-state index contributed by atoms with van der Waals surface area (Å²) in [5, 5.41) is 13.7. The van der Waals surface area contributed by atoms with Crippen LogP contribution in [-0.4, -0.2) is 41.5 Å². The standard InChI is InChI=1S/C25H21ClN8O/c26-20-11-16(1-4-19(20)25(35)31-17-2-3-17)22-13-29-24-23(28-12-18-7-10-30-33-18)32-21(14-34(22)24)15-5-8-27-9-6-15/h1,4-11,13-14,17H,2-3,12H2,(H,28,32)(H,30,33)(H,31,35). The number of hydrogen-bond donors (Lipinski definition) is 3. The molecule has 0 spiro atoms. The van der Waals surface area contributed by atoms with Gasteiger partial charge in [-0.25, -0.2) is 9.97 Å². The number of amides is 1. The van der Waals surface area contributed by atoms with Gasteiger partial charge >= 0.3 is 0 Å². The van der Waals surface area contributed by atoms with E-state index >= 15 is 0 Å². The molecule has 9 nitrogen and oxygen atoms in total. The van der Waals surface area contributed by atoms with Crippen molar-refractivity contribution in [2.24, 2.45) is 0 Å². The Labute approximate surface area is 205 Å². The summed E-state index contributed by atoms with van der Waals surface area (Å²) in [5.74, 6) is 0.489. The minimum absolute atomic E-state index is 0.142. The van der Waals surface area contributed by atoms with E-state index in [0.717, 1.165) is 41.1 Å². The molecule has 174 valence electrons. The smallest absolute Gasteiger partial charge is 0.253 e. The average Bonchev–Trinajstić information content (AvgIpc) is 3.35. The summed E-state index contributed by atoms with van der Waals surface area (Å²) < 4.78 is 1.98. The first kappa shape index (κ1) is 21.3. The van der Waals surface area contributed by atoms with E-state index < -0.39 is 0 Å². The third kappa shape index (κ3) is 4.33. The van der Waals surface area contributed by atoms with Crippen LogP contribution in [0.5, 0.6) is 0 Å². The number of hydrogen-bond acceptors (Lipinski definition) is 6. The number of aromatic amines is 1. The minimum atomic E-state index is -0.142. The molecular weight excluding hydrogens is 464 g/mol. The normalized spacial score (nSPS) is 13.2. The molecule has 35 heavy (non-hydrogen) atoms. The Bertz CT molecular complexity index is 1510. The molecule has 1 aromatic carbocycles. The molecule has 0 bridgehead atoms. The van der Waals surface area contributed by atoms with Crippen molar-refractivity contribution in [1.82, 2.24) is 34.9 Å². The quantitative estimate of drug-likeness (QED) is 0.317.